The van der Waals surface area contributed by atoms with Gasteiger partial charge < -0.3 is 4.72 Å². The third-order valence-corrected chi connectivity index (χ3v) is 7.80. The highest BCUT2D eigenvalue weighted by atomic mass is 32.2. The zero-order valence-electron chi connectivity index (χ0n) is 19.1. The summed E-state index contributed by atoms with van der Waals surface area (Å²) in [5.41, 5.74) is 2.63. The van der Waals surface area contributed by atoms with Crippen molar-refractivity contribution in [3.05, 3.63) is 88.8 Å². The van der Waals surface area contributed by atoms with Crippen molar-refractivity contribution < 1.29 is 13.2 Å². The van der Waals surface area contributed by atoms with Crippen LogP contribution in [0.15, 0.2) is 67.0 Å². The second-order valence-corrected chi connectivity index (χ2v) is 10.9. The molecular weight excluding hydrogens is 487 g/mol. The number of aromatic nitrogens is 2. The summed E-state index contributed by atoms with van der Waals surface area (Å²) in [6.07, 6.45) is 7.78. The first-order valence-electron chi connectivity index (χ1n) is 11.4. The molecule has 5 rings (SSSR count). The van der Waals surface area contributed by atoms with Crippen molar-refractivity contribution in [3.63, 3.8) is 0 Å². The Morgan fingerprint density at radius 1 is 1.00 bits per heavy atom. The summed E-state index contributed by atoms with van der Waals surface area (Å²) in [6, 6.07) is 17.7. The summed E-state index contributed by atoms with van der Waals surface area (Å²) in [6.45, 7) is 2.00. The van der Waals surface area contributed by atoms with E-state index >= 15 is 0 Å². The highest BCUT2D eigenvalue weighted by Gasteiger charge is 2.29. The van der Waals surface area contributed by atoms with Crippen molar-refractivity contribution in [2.24, 2.45) is 5.92 Å². The molecule has 0 saturated heterocycles. The quantitative estimate of drug-likeness (QED) is 0.265. The van der Waals surface area contributed by atoms with Crippen molar-refractivity contribution in [3.8, 4) is 21.6 Å². The molecule has 1 N–H and O–H groups in total. The Balaban J connectivity index is 1.27. The van der Waals surface area contributed by atoms with Crippen molar-refractivity contribution in [2.45, 2.75) is 38.1 Å². The average Bonchev–Trinajstić information content (AvgIpc) is 3.29. The largest absolute Gasteiger partial charge is 0.461 e. The van der Waals surface area contributed by atoms with Gasteiger partial charge in [0, 0.05) is 29.2 Å². The molecule has 0 fully saturated rings. The summed E-state index contributed by atoms with van der Waals surface area (Å²) in [5, 5.41) is 1.05. The third kappa shape index (κ3) is 5.87. The molecule has 1 aliphatic carbocycles. The number of alkyl halides is 3. The van der Waals surface area contributed by atoms with Crippen LogP contribution in [0.5, 0.6) is 0 Å². The maximum atomic E-state index is 12.7. The molecule has 0 radical (unpaired) electrons. The molecule has 0 spiro atoms. The van der Waals surface area contributed by atoms with Gasteiger partial charge in [0.2, 0.25) is 0 Å². The summed E-state index contributed by atoms with van der Waals surface area (Å²) >= 11 is 1.44. The van der Waals surface area contributed by atoms with Crippen molar-refractivity contribution in [1.82, 2.24) is 9.97 Å². The van der Waals surface area contributed by atoms with E-state index in [2.05, 4.69) is 34.0 Å². The van der Waals surface area contributed by atoms with Crippen LogP contribution in [0.2, 0.25) is 0 Å². The van der Waals surface area contributed by atoms with Crippen LogP contribution in [0.3, 0.4) is 0 Å². The van der Waals surface area contributed by atoms with Gasteiger partial charge in [-0.15, -0.1) is 11.3 Å². The number of fused-ring (bicyclic) bond motifs is 1. The molecule has 2 aromatic carbocycles. The standard InChI is InChI=1S/C27H24F3N3S2/c1-17-31-16-26(34-17)22-10-11-23(32-15-22)13-18-6-7-20-14-21(9-8-19(20)12-18)24-4-2-3-5-25(24)33-35-27(28,29)30/h2-5,8-11,14-16,18,33H,6-7,12-13H2,1H3. The van der Waals surface area contributed by atoms with Crippen LogP contribution >= 0.6 is 23.3 Å². The molecular formula is C27H24F3N3S2. The fraction of sp³-hybridized carbons (Fsp3) is 0.259. The summed E-state index contributed by atoms with van der Waals surface area (Å²) in [7, 11) is 0. The lowest BCUT2D eigenvalue weighted by molar-refractivity contribution is -0.0323. The fourth-order valence-electron chi connectivity index (χ4n) is 4.59. The number of anilines is 1. The van der Waals surface area contributed by atoms with E-state index in [1.54, 1.807) is 23.5 Å². The Morgan fingerprint density at radius 2 is 1.83 bits per heavy atom. The number of rotatable bonds is 6. The zero-order valence-corrected chi connectivity index (χ0v) is 20.7. The molecule has 0 saturated carbocycles. The van der Waals surface area contributed by atoms with E-state index in [0.29, 0.717) is 11.6 Å². The Morgan fingerprint density at radius 3 is 2.57 bits per heavy atom. The minimum atomic E-state index is -4.34. The van der Waals surface area contributed by atoms with Crippen LogP contribution < -0.4 is 4.72 Å². The summed E-state index contributed by atoms with van der Waals surface area (Å²) < 4.78 is 40.5. The zero-order chi connectivity index (χ0) is 24.4. The van der Waals surface area contributed by atoms with Gasteiger partial charge >= 0.3 is 5.51 Å². The lowest BCUT2D eigenvalue weighted by atomic mass is 9.80. The molecule has 4 aromatic rings. The first kappa shape index (κ1) is 23.9. The highest BCUT2D eigenvalue weighted by Crippen LogP contribution is 2.37. The van der Waals surface area contributed by atoms with Gasteiger partial charge in [0.15, 0.2) is 0 Å². The lowest BCUT2D eigenvalue weighted by Crippen LogP contribution is -2.17. The monoisotopic (exact) mass is 511 g/mol. The van der Waals surface area contributed by atoms with Crippen molar-refractivity contribution >= 4 is 29.0 Å². The number of nitrogens with zero attached hydrogens (tertiary/aromatic N) is 2. The van der Waals surface area contributed by atoms with Crippen LogP contribution in [0.1, 0.15) is 28.2 Å². The van der Waals surface area contributed by atoms with Gasteiger partial charge in [0.05, 0.1) is 27.5 Å². The van der Waals surface area contributed by atoms with E-state index in [9.17, 15) is 13.2 Å². The van der Waals surface area contributed by atoms with Crippen LogP contribution in [0, 0.1) is 12.8 Å². The maximum Gasteiger partial charge on any atom is 0.461 e. The van der Waals surface area contributed by atoms with Crippen molar-refractivity contribution in [1.29, 1.82) is 0 Å². The molecule has 1 unspecified atom stereocenters. The van der Waals surface area contributed by atoms with Gasteiger partial charge in [-0.1, -0.05) is 42.5 Å². The molecule has 2 heterocycles. The molecule has 8 heteroatoms. The van der Waals surface area contributed by atoms with E-state index < -0.39 is 5.51 Å². The van der Waals surface area contributed by atoms with E-state index in [1.165, 1.54) is 11.1 Å². The van der Waals surface area contributed by atoms with Gasteiger partial charge in [-0.2, -0.15) is 13.2 Å². The van der Waals surface area contributed by atoms with Gasteiger partial charge in [-0.25, -0.2) is 4.98 Å². The molecule has 1 aliphatic rings. The van der Waals surface area contributed by atoms with Crippen molar-refractivity contribution in [2.75, 3.05) is 4.72 Å². The normalized spacial score (nSPS) is 15.6. The number of para-hydroxylation sites is 1. The number of nitrogens with one attached hydrogen (secondary N) is 1. The van der Waals surface area contributed by atoms with Gasteiger partial charge in [0.1, 0.15) is 0 Å². The Kier molecular flexibility index (Phi) is 6.84. The Bertz CT molecular complexity index is 1320. The second kappa shape index (κ2) is 10.0. The molecule has 35 heavy (non-hydrogen) atoms. The molecule has 0 amide bonds. The predicted octanol–water partition coefficient (Wildman–Crippen LogP) is 8.11. The van der Waals surface area contributed by atoms with E-state index in [1.807, 2.05) is 37.5 Å². The number of hydrogen-bond donors (Lipinski definition) is 1. The minimum absolute atomic E-state index is 0.232. The van der Waals surface area contributed by atoms with Crippen LogP contribution in [0.25, 0.3) is 21.6 Å². The van der Waals surface area contributed by atoms with Gasteiger partial charge in [0.25, 0.3) is 0 Å². The first-order valence-corrected chi connectivity index (χ1v) is 13.1. The minimum Gasteiger partial charge on any atom is -0.322 e. The smallest absolute Gasteiger partial charge is 0.322 e. The topological polar surface area (TPSA) is 37.8 Å². The molecule has 3 nitrogen and oxygen atoms in total. The fourth-order valence-corrected chi connectivity index (χ4v) is 5.76. The molecule has 0 aliphatic heterocycles. The molecule has 0 bridgehead atoms. The number of benzene rings is 2. The number of hydrogen-bond acceptors (Lipinski definition) is 5. The molecule has 1 atom stereocenters. The number of halogens is 3. The van der Waals surface area contributed by atoms with E-state index in [-0.39, 0.29) is 11.9 Å². The van der Waals surface area contributed by atoms with Crippen LogP contribution in [-0.4, -0.2) is 15.5 Å². The number of thiazole rings is 1. The number of pyridine rings is 1. The highest BCUT2D eigenvalue weighted by molar-refractivity contribution is 8.01. The van der Waals surface area contributed by atoms with Gasteiger partial charge in [-0.3, -0.25) is 4.98 Å². The first-order chi connectivity index (χ1) is 16.8. The number of aryl methyl sites for hydroxylation is 2. The summed E-state index contributed by atoms with van der Waals surface area (Å²) in [4.78, 5) is 10.2. The Labute approximate surface area is 211 Å². The average molecular weight is 512 g/mol. The maximum absolute atomic E-state index is 12.7. The molecule has 180 valence electrons. The van der Waals surface area contributed by atoms with Gasteiger partial charge in [-0.05, 0) is 67.3 Å². The second-order valence-electron chi connectivity index (χ2n) is 8.77. The lowest BCUT2D eigenvalue weighted by Gasteiger charge is -2.25. The predicted molar refractivity (Wildman–Crippen MR) is 138 cm³/mol. The Hall–Kier alpha value is -2.84. The van der Waals surface area contributed by atoms with E-state index in [0.717, 1.165) is 58.0 Å². The van der Waals surface area contributed by atoms with E-state index in [4.69, 9.17) is 4.98 Å². The summed E-state index contributed by atoms with van der Waals surface area (Å²) in [5.74, 6) is 0.523. The molecule has 2 aromatic heterocycles. The third-order valence-electron chi connectivity index (χ3n) is 6.28. The SMILES string of the molecule is Cc1ncc(-c2ccc(CC3CCc4cc(-c5ccccc5NSC(F)(F)F)ccc4C3)nc2)s1. The van der Waals surface area contributed by atoms with Crippen LogP contribution in [-0.2, 0) is 19.3 Å². The van der Waals surface area contributed by atoms with Crippen LogP contribution in [0.4, 0.5) is 18.9 Å².